The third-order valence-corrected chi connectivity index (χ3v) is 3.37. The van der Waals surface area contributed by atoms with E-state index in [1.807, 2.05) is 6.07 Å². The topological polar surface area (TPSA) is 70.0 Å². The van der Waals surface area contributed by atoms with Crippen molar-refractivity contribution in [3.8, 4) is 6.07 Å². The van der Waals surface area contributed by atoms with Crippen LogP contribution in [0.3, 0.4) is 0 Å². The molecule has 0 saturated heterocycles. The van der Waals surface area contributed by atoms with Crippen LogP contribution in [-0.4, -0.2) is 27.0 Å². The molecule has 0 aliphatic rings. The predicted molar refractivity (Wildman–Crippen MR) is 69.0 cm³/mol. The van der Waals surface area contributed by atoms with Crippen molar-refractivity contribution in [2.24, 2.45) is 0 Å². The number of nitrogens with zero attached hydrogens (tertiary/aromatic N) is 1. The minimum Gasteiger partial charge on any atom is -0.384 e. The zero-order valence-corrected chi connectivity index (χ0v) is 11.0. The second kappa shape index (κ2) is 5.89. The molecule has 0 heterocycles. The zero-order chi connectivity index (χ0) is 12.9. The monoisotopic (exact) mass is 272 g/mol. The molecule has 0 amide bonds. The van der Waals surface area contributed by atoms with Gasteiger partial charge in [0.05, 0.1) is 17.0 Å². The summed E-state index contributed by atoms with van der Waals surface area (Å²) in [5, 5.41) is 12.4. The zero-order valence-electron chi connectivity index (χ0n) is 9.40. The van der Waals surface area contributed by atoms with Gasteiger partial charge >= 0.3 is 0 Å². The number of sulfone groups is 1. The molecule has 1 rings (SSSR count). The van der Waals surface area contributed by atoms with Gasteiger partial charge in [0, 0.05) is 17.8 Å². The first kappa shape index (κ1) is 13.8. The number of nitriles is 1. The second-order valence-corrected chi connectivity index (χ2v) is 6.41. The van der Waals surface area contributed by atoms with Crippen molar-refractivity contribution in [2.75, 3.05) is 23.9 Å². The summed E-state index contributed by atoms with van der Waals surface area (Å²) < 4.78 is 21.8. The molecular formula is C11H13ClN2O2S. The van der Waals surface area contributed by atoms with Crippen LogP contribution < -0.4 is 5.32 Å². The molecule has 1 aromatic rings. The number of hydrogen-bond donors (Lipinski definition) is 1. The second-order valence-electron chi connectivity index (χ2n) is 3.71. The number of anilines is 1. The molecular weight excluding hydrogens is 260 g/mol. The molecule has 1 N–H and O–H groups in total. The van der Waals surface area contributed by atoms with Crippen molar-refractivity contribution < 1.29 is 8.42 Å². The Balaban J connectivity index is 2.58. The fourth-order valence-electron chi connectivity index (χ4n) is 1.32. The molecule has 6 heteroatoms. The summed E-state index contributed by atoms with van der Waals surface area (Å²) in [5.74, 6) is 0.127. The third kappa shape index (κ3) is 5.07. The van der Waals surface area contributed by atoms with Crippen LogP contribution in [0.4, 0.5) is 5.69 Å². The van der Waals surface area contributed by atoms with Crippen LogP contribution in [0.25, 0.3) is 0 Å². The first-order chi connectivity index (χ1) is 7.92. The van der Waals surface area contributed by atoms with E-state index in [4.69, 9.17) is 16.9 Å². The van der Waals surface area contributed by atoms with Crippen LogP contribution in [0.2, 0.25) is 5.02 Å². The Morgan fingerprint density at radius 3 is 2.76 bits per heavy atom. The van der Waals surface area contributed by atoms with Crippen molar-refractivity contribution in [1.29, 1.82) is 5.26 Å². The predicted octanol–water partition coefficient (Wildman–Crippen LogP) is 2.06. The Morgan fingerprint density at radius 1 is 1.47 bits per heavy atom. The highest BCUT2D eigenvalue weighted by Crippen LogP contribution is 2.20. The summed E-state index contributed by atoms with van der Waals surface area (Å²) >= 11 is 5.81. The summed E-state index contributed by atoms with van der Waals surface area (Å²) in [6.07, 6.45) is 1.70. The van der Waals surface area contributed by atoms with E-state index in [9.17, 15) is 8.42 Å². The molecule has 0 bridgehead atoms. The highest BCUT2D eigenvalue weighted by atomic mass is 35.5. The minimum atomic E-state index is -2.93. The molecule has 0 aromatic heterocycles. The number of nitrogens with one attached hydrogen (secondary N) is 1. The third-order valence-electron chi connectivity index (χ3n) is 2.11. The molecule has 1 aromatic carbocycles. The van der Waals surface area contributed by atoms with Gasteiger partial charge in [0.15, 0.2) is 0 Å². The van der Waals surface area contributed by atoms with E-state index >= 15 is 0 Å². The highest BCUT2D eigenvalue weighted by molar-refractivity contribution is 7.90. The van der Waals surface area contributed by atoms with Gasteiger partial charge in [0.1, 0.15) is 15.9 Å². The van der Waals surface area contributed by atoms with E-state index in [-0.39, 0.29) is 5.75 Å². The summed E-state index contributed by atoms with van der Waals surface area (Å²) in [7, 11) is -2.93. The van der Waals surface area contributed by atoms with Crippen LogP contribution in [0.1, 0.15) is 12.0 Å². The van der Waals surface area contributed by atoms with E-state index in [1.165, 1.54) is 6.26 Å². The van der Waals surface area contributed by atoms with Crippen LogP contribution in [0, 0.1) is 11.3 Å². The summed E-state index contributed by atoms with van der Waals surface area (Å²) in [6, 6.07) is 6.96. The quantitative estimate of drug-likeness (QED) is 0.833. The van der Waals surface area contributed by atoms with E-state index in [0.717, 1.165) is 0 Å². The normalized spacial score (nSPS) is 10.9. The Morgan fingerprint density at radius 2 is 2.18 bits per heavy atom. The van der Waals surface area contributed by atoms with Gasteiger partial charge in [-0.1, -0.05) is 11.6 Å². The smallest absolute Gasteiger partial charge is 0.147 e. The summed E-state index contributed by atoms with van der Waals surface area (Å²) in [5.41, 5.74) is 1.13. The fraction of sp³-hybridized carbons (Fsp3) is 0.364. The van der Waals surface area contributed by atoms with Crippen LogP contribution >= 0.6 is 11.6 Å². The van der Waals surface area contributed by atoms with E-state index in [0.29, 0.717) is 29.2 Å². The van der Waals surface area contributed by atoms with E-state index in [1.54, 1.807) is 18.2 Å². The molecule has 0 atom stereocenters. The van der Waals surface area contributed by atoms with Gasteiger partial charge in [-0.05, 0) is 24.6 Å². The van der Waals surface area contributed by atoms with Crippen molar-refractivity contribution in [1.82, 2.24) is 0 Å². The Labute approximate surface area is 106 Å². The van der Waals surface area contributed by atoms with Crippen molar-refractivity contribution in [2.45, 2.75) is 6.42 Å². The summed E-state index contributed by atoms with van der Waals surface area (Å²) in [6.45, 7) is 0.488. The van der Waals surface area contributed by atoms with E-state index in [2.05, 4.69) is 5.32 Å². The molecule has 0 spiro atoms. The Kier molecular flexibility index (Phi) is 4.79. The van der Waals surface area contributed by atoms with Gasteiger partial charge in [0.25, 0.3) is 0 Å². The molecule has 0 radical (unpaired) electrons. The van der Waals surface area contributed by atoms with Gasteiger partial charge in [0.2, 0.25) is 0 Å². The SMILES string of the molecule is CS(=O)(=O)CCCNc1cc(Cl)ccc1C#N. The van der Waals surface area contributed by atoms with E-state index < -0.39 is 9.84 Å². The van der Waals surface area contributed by atoms with Crippen molar-refractivity contribution in [3.63, 3.8) is 0 Å². The molecule has 0 unspecified atom stereocenters. The maximum atomic E-state index is 10.9. The fourth-order valence-corrected chi connectivity index (χ4v) is 2.16. The van der Waals surface area contributed by atoms with Crippen LogP contribution in [-0.2, 0) is 9.84 Å². The maximum Gasteiger partial charge on any atom is 0.147 e. The lowest BCUT2D eigenvalue weighted by atomic mass is 10.2. The standard InChI is InChI=1S/C11H13ClN2O2S/c1-17(15,16)6-2-5-14-11-7-10(12)4-3-9(11)8-13/h3-4,7,14H,2,5-6H2,1H3. The number of halogens is 1. The Bertz CT molecular complexity index is 535. The highest BCUT2D eigenvalue weighted by Gasteiger charge is 2.04. The van der Waals surface area contributed by atoms with Gasteiger partial charge in [-0.2, -0.15) is 5.26 Å². The average molecular weight is 273 g/mol. The van der Waals surface area contributed by atoms with Crippen LogP contribution in [0.5, 0.6) is 0 Å². The Hall–Kier alpha value is -1.25. The van der Waals surface area contributed by atoms with Gasteiger partial charge in [-0.15, -0.1) is 0 Å². The lowest BCUT2D eigenvalue weighted by Crippen LogP contribution is -2.10. The molecule has 92 valence electrons. The minimum absolute atomic E-state index is 0.127. The lowest BCUT2D eigenvalue weighted by Gasteiger charge is -2.08. The molecule has 17 heavy (non-hydrogen) atoms. The first-order valence-electron chi connectivity index (χ1n) is 5.03. The largest absolute Gasteiger partial charge is 0.384 e. The first-order valence-corrected chi connectivity index (χ1v) is 7.47. The maximum absolute atomic E-state index is 10.9. The number of hydrogen-bond acceptors (Lipinski definition) is 4. The van der Waals surface area contributed by atoms with Gasteiger partial charge < -0.3 is 5.32 Å². The van der Waals surface area contributed by atoms with Crippen molar-refractivity contribution in [3.05, 3.63) is 28.8 Å². The molecule has 0 aliphatic heterocycles. The van der Waals surface area contributed by atoms with Crippen molar-refractivity contribution >= 4 is 27.1 Å². The van der Waals surface area contributed by atoms with Gasteiger partial charge in [-0.3, -0.25) is 0 Å². The molecule has 0 aliphatic carbocycles. The lowest BCUT2D eigenvalue weighted by molar-refractivity contribution is 0.600. The molecule has 4 nitrogen and oxygen atoms in total. The number of benzene rings is 1. The molecule has 0 fully saturated rings. The summed E-state index contributed by atoms with van der Waals surface area (Å²) in [4.78, 5) is 0. The van der Waals surface area contributed by atoms with Crippen LogP contribution in [0.15, 0.2) is 18.2 Å². The molecule has 0 saturated carbocycles. The van der Waals surface area contributed by atoms with Gasteiger partial charge in [-0.25, -0.2) is 8.42 Å². The average Bonchev–Trinajstić information content (AvgIpc) is 2.23. The number of rotatable bonds is 5.